The van der Waals surface area contributed by atoms with E-state index in [1.165, 1.54) is 0 Å². The fourth-order valence-electron chi connectivity index (χ4n) is 3.01. The highest BCUT2D eigenvalue weighted by Gasteiger charge is 2.18. The number of benzene rings is 1. The summed E-state index contributed by atoms with van der Waals surface area (Å²) < 4.78 is 11.5. The molecule has 0 aliphatic heterocycles. The van der Waals surface area contributed by atoms with Gasteiger partial charge in [-0.3, -0.25) is 0 Å². The molecule has 9 heteroatoms. The summed E-state index contributed by atoms with van der Waals surface area (Å²) in [5, 5.41) is 1.98. The Morgan fingerprint density at radius 2 is 1.96 bits per heavy atom. The predicted molar refractivity (Wildman–Crippen MR) is 108 cm³/mol. The van der Waals surface area contributed by atoms with Gasteiger partial charge in [-0.1, -0.05) is 18.5 Å². The average molecular weight is 399 g/mol. The van der Waals surface area contributed by atoms with Crippen LogP contribution in [0, 0.1) is 6.92 Å². The first-order chi connectivity index (χ1) is 13.5. The van der Waals surface area contributed by atoms with Crippen LogP contribution < -0.4 is 15.2 Å². The van der Waals surface area contributed by atoms with Crippen LogP contribution in [0.2, 0.25) is 5.02 Å². The Kier molecular flexibility index (Phi) is 4.64. The number of fused-ring (bicyclic) bond motifs is 2. The fraction of sp³-hybridized carbons (Fsp3) is 0.263. The molecule has 0 fully saturated rings. The molecule has 28 heavy (non-hydrogen) atoms. The second-order valence-corrected chi connectivity index (χ2v) is 6.55. The molecular formula is C19H19ClN6O2. The third-order valence-electron chi connectivity index (χ3n) is 4.26. The van der Waals surface area contributed by atoms with Crippen LogP contribution in [0.5, 0.6) is 17.6 Å². The minimum Gasteiger partial charge on any atom is -0.477 e. The fourth-order valence-corrected chi connectivity index (χ4v) is 3.36. The number of halogens is 1. The molecule has 0 saturated carbocycles. The highest BCUT2D eigenvalue weighted by molar-refractivity contribution is 6.36. The van der Waals surface area contributed by atoms with Crippen molar-refractivity contribution in [3.63, 3.8) is 0 Å². The largest absolute Gasteiger partial charge is 0.477 e. The molecule has 1 aromatic carbocycles. The van der Waals surface area contributed by atoms with Crippen molar-refractivity contribution in [3.05, 3.63) is 34.7 Å². The Morgan fingerprint density at radius 1 is 1.14 bits per heavy atom. The van der Waals surface area contributed by atoms with Gasteiger partial charge in [0.05, 0.1) is 17.1 Å². The first kappa shape index (κ1) is 18.2. The zero-order chi connectivity index (χ0) is 19.8. The van der Waals surface area contributed by atoms with Crippen LogP contribution in [0.4, 0.5) is 5.82 Å². The normalized spacial score (nSPS) is 11.3. The van der Waals surface area contributed by atoms with Gasteiger partial charge in [-0.05, 0) is 32.4 Å². The van der Waals surface area contributed by atoms with Gasteiger partial charge in [0.15, 0.2) is 0 Å². The first-order valence-electron chi connectivity index (χ1n) is 8.92. The number of nitrogens with zero attached hydrogens (tertiary/aromatic N) is 4. The maximum absolute atomic E-state index is 6.45. The van der Waals surface area contributed by atoms with Crippen molar-refractivity contribution in [1.29, 1.82) is 0 Å². The zero-order valence-electron chi connectivity index (χ0n) is 15.7. The van der Waals surface area contributed by atoms with Crippen LogP contribution >= 0.6 is 11.6 Å². The SMILES string of the molecule is CCOc1nc(Oc2ccc3c(N)nc(C)nc3c2)nc2[nH]c(CC)c(Cl)c12. The second-order valence-electron chi connectivity index (χ2n) is 6.18. The number of nitrogens with one attached hydrogen (secondary N) is 1. The van der Waals surface area contributed by atoms with E-state index in [4.69, 9.17) is 26.8 Å². The number of anilines is 1. The van der Waals surface area contributed by atoms with Crippen molar-refractivity contribution in [2.75, 3.05) is 12.3 Å². The molecule has 144 valence electrons. The topological polar surface area (TPSA) is 112 Å². The van der Waals surface area contributed by atoms with E-state index in [2.05, 4.69) is 24.9 Å². The Hall–Kier alpha value is -3.13. The molecule has 4 aromatic rings. The number of hydrogen-bond acceptors (Lipinski definition) is 7. The van der Waals surface area contributed by atoms with Crippen LogP contribution in [0.3, 0.4) is 0 Å². The summed E-state index contributed by atoms with van der Waals surface area (Å²) in [5.74, 6) is 1.93. The molecule has 0 bridgehead atoms. The molecule has 0 atom stereocenters. The molecule has 0 amide bonds. The number of ether oxygens (including phenoxy) is 2. The van der Waals surface area contributed by atoms with Crippen LogP contribution in [-0.4, -0.2) is 31.5 Å². The van der Waals surface area contributed by atoms with E-state index in [0.717, 1.165) is 17.5 Å². The number of aromatic amines is 1. The quantitative estimate of drug-likeness (QED) is 0.518. The van der Waals surface area contributed by atoms with Gasteiger partial charge in [-0.2, -0.15) is 9.97 Å². The Morgan fingerprint density at radius 3 is 2.71 bits per heavy atom. The van der Waals surface area contributed by atoms with E-state index >= 15 is 0 Å². The van der Waals surface area contributed by atoms with Crippen LogP contribution in [0.15, 0.2) is 18.2 Å². The van der Waals surface area contributed by atoms with Crippen molar-refractivity contribution in [1.82, 2.24) is 24.9 Å². The predicted octanol–water partition coefficient (Wildman–Crippen LogP) is 4.20. The van der Waals surface area contributed by atoms with Gasteiger partial charge in [-0.15, -0.1) is 0 Å². The van der Waals surface area contributed by atoms with Gasteiger partial charge in [0.2, 0.25) is 5.88 Å². The van der Waals surface area contributed by atoms with E-state index in [1.54, 1.807) is 19.1 Å². The maximum Gasteiger partial charge on any atom is 0.327 e. The monoisotopic (exact) mass is 398 g/mol. The smallest absolute Gasteiger partial charge is 0.327 e. The third-order valence-corrected chi connectivity index (χ3v) is 4.68. The van der Waals surface area contributed by atoms with E-state index in [-0.39, 0.29) is 6.01 Å². The molecule has 4 rings (SSSR count). The highest BCUT2D eigenvalue weighted by atomic mass is 35.5. The van der Waals surface area contributed by atoms with Crippen molar-refractivity contribution >= 4 is 39.4 Å². The molecule has 0 radical (unpaired) electrons. The number of aryl methyl sites for hydroxylation is 2. The standard InChI is InChI=1S/C19H19ClN6O2/c1-4-12-15(20)14-17(24-12)25-19(26-18(14)27-5-2)28-10-6-7-11-13(8-10)22-9(3)23-16(11)21/h6-8H,4-5H2,1-3H3,(H2,21,22,23)(H,24,25,26). The Balaban J connectivity index is 1.78. The summed E-state index contributed by atoms with van der Waals surface area (Å²) >= 11 is 6.45. The van der Waals surface area contributed by atoms with Crippen molar-refractivity contribution in [3.8, 4) is 17.6 Å². The molecule has 8 nitrogen and oxygen atoms in total. The Bertz CT molecular complexity index is 1190. The maximum atomic E-state index is 6.45. The van der Waals surface area contributed by atoms with Gasteiger partial charge in [0, 0.05) is 17.1 Å². The molecule has 3 heterocycles. The first-order valence-corrected chi connectivity index (χ1v) is 9.30. The summed E-state index contributed by atoms with van der Waals surface area (Å²) in [7, 11) is 0. The van der Waals surface area contributed by atoms with Crippen molar-refractivity contribution in [2.45, 2.75) is 27.2 Å². The minimum absolute atomic E-state index is 0.148. The number of hydrogen-bond donors (Lipinski definition) is 2. The molecule has 0 spiro atoms. The minimum atomic E-state index is 0.148. The molecule has 3 N–H and O–H groups in total. The van der Waals surface area contributed by atoms with Gasteiger partial charge >= 0.3 is 6.01 Å². The molecule has 0 aliphatic rings. The Labute approximate surface area is 166 Å². The molecule has 0 aliphatic carbocycles. The van der Waals surface area contributed by atoms with Crippen LogP contribution in [-0.2, 0) is 6.42 Å². The zero-order valence-corrected chi connectivity index (χ0v) is 16.5. The third kappa shape index (κ3) is 3.16. The summed E-state index contributed by atoms with van der Waals surface area (Å²) in [6.07, 6.45) is 0.738. The average Bonchev–Trinajstić information content (AvgIpc) is 2.97. The number of H-pyrrole nitrogens is 1. The van der Waals surface area contributed by atoms with E-state index in [1.807, 2.05) is 19.9 Å². The van der Waals surface area contributed by atoms with E-state index in [9.17, 15) is 0 Å². The molecule has 0 saturated heterocycles. The molecule has 3 aromatic heterocycles. The number of nitrogens with two attached hydrogens (primary N) is 1. The van der Waals surface area contributed by atoms with E-state index < -0.39 is 0 Å². The van der Waals surface area contributed by atoms with Gasteiger partial charge in [0.25, 0.3) is 0 Å². The lowest BCUT2D eigenvalue weighted by Crippen LogP contribution is -2.00. The number of aromatic nitrogens is 5. The van der Waals surface area contributed by atoms with Crippen LogP contribution in [0.25, 0.3) is 21.9 Å². The highest BCUT2D eigenvalue weighted by Crippen LogP contribution is 2.35. The lowest BCUT2D eigenvalue weighted by atomic mass is 10.2. The van der Waals surface area contributed by atoms with Crippen LogP contribution in [0.1, 0.15) is 25.4 Å². The number of rotatable bonds is 5. The lowest BCUT2D eigenvalue weighted by molar-refractivity contribution is 0.323. The second kappa shape index (κ2) is 7.12. The van der Waals surface area contributed by atoms with Gasteiger partial charge in [-0.25, -0.2) is 9.97 Å². The summed E-state index contributed by atoms with van der Waals surface area (Å²) in [6, 6.07) is 5.50. The summed E-state index contributed by atoms with van der Waals surface area (Å²) in [6.45, 7) is 6.12. The molecular weight excluding hydrogens is 380 g/mol. The van der Waals surface area contributed by atoms with E-state index in [0.29, 0.717) is 51.5 Å². The molecule has 0 unspecified atom stereocenters. The number of nitrogen functional groups attached to an aromatic ring is 1. The van der Waals surface area contributed by atoms with Crippen molar-refractivity contribution in [2.24, 2.45) is 0 Å². The lowest BCUT2D eigenvalue weighted by Gasteiger charge is -2.09. The van der Waals surface area contributed by atoms with Crippen molar-refractivity contribution < 1.29 is 9.47 Å². The summed E-state index contributed by atoms with van der Waals surface area (Å²) in [5.41, 5.74) is 8.08. The van der Waals surface area contributed by atoms with Gasteiger partial charge < -0.3 is 20.2 Å². The van der Waals surface area contributed by atoms with Gasteiger partial charge in [0.1, 0.15) is 28.4 Å². The summed E-state index contributed by atoms with van der Waals surface area (Å²) in [4.78, 5) is 20.6.